The Morgan fingerprint density at radius 1 is 1.21 bits per heavy atom. The Bertz CT molecular complexity index is 866. The summed E-state index contributed by atoms with van der Waals surface area (Å²) in [5, 5.41) is 9.10. The van der Waals surface area contributed by atoms with E-state index in [1.165, 1.54) is 11.8 Å². The van der Waals surface area contributed by atoms with E-state index in [1.807, 2.05) is 24.3 Å². The normalized spacial score (nSPS) is 10.6. The minimum absolute atomic E-state index is 0.0554. The number of hydrogen-bond donors (Lipinski definition) is 0. The first-order valence-corrected chi connectivity index (χ1v) is 8.51. The number of ketones is 1. The van der Waals surface area contributed by atoms with Gasteiger partial charge in [0.15, 0.2) is 10.9 Å². The molecule has 0 fully saturated rings. The van der Waals surface area contributed by atoms with Gasteiger partial charge in [0.1, 0.15) is 12.1 Å². The van der Waals surface area contributed by atoms with Crippen LogP contribution in [0, 0.1) is 0 Å². The highest BCUT2D eigenvalue weighted by Crippen LogP contribution is 2.27. The van der Waals surface area contributed by atoms with E-state index in [9.17, 15) is 4.79 Å². The smallest absolute Gasteiger partial charge is 0.196 e. The highest BCUT2D eigenvalue weighted by atomic mass is 35.5. The third kappa shape index (κ3) is 3.44. The van der Waals surface area contributed by atoms with Gasteiger partial charge in [-0.3, -0.25) is 9.36 Å². The Labute approximate surface area is 148 Å². The molecule has 0 N–H and O–H groups in total. The maximum Gasteiger partial charge on any atom is 0.196 e. The third-order valence-corrected chi connectivity index (χ3v) is 4.64. The van der Waals surface area contributed by atoms with Gasteiger partial charge in [0, 0.05) is 5.56 Å². The van der Waals surface area contributed by atoms with Gasteiger partial charge in [0.05, 0.1) is 23.6 Å². The molecule has 1 aromatic heterocycles. The van der Waals surface area contributed by atoms with Crippen molar-refractivity contribution >= 4 is 29.1 Å². The number of nitrogens with zero attached hydrogens (tertiary/aromatic N) is 3. The number of rotatable bonds is 6. The molecule has 2 aromatic carbocycles. The van der Waals surface area contributed by atoms with E-state index in [4.69, 9.17) is 16.3 Å². The van der Waals surface area contributed by atoms with Gasteiger partial charge in [0.2, 0.25) is 0 Å². The molecule has 0 bridgehead atoms. The SMILES string of the molecule is COc1ccccc1-n1cnnc1SCC(=O)c1ccccc1Cl. The molecule has 3 aromatic rings. The van der Waals surface area contributed by atoms with Crippen LogP contribution in [-0.4, -0.2) is 33.4 Å². The van der Waals surface area contributed by atoms with Gasteiger partial charge in [0.25, 0.3) is 0 Å². The molecule has 0 amide bonds. The van der Waals surface area contributed by atoms with Crippen LogP contribution in [0.2, 0.25) is 5.02 Å². The minimum atomic E-state index is -0.0554. The fraction of sp³-hybridized carbons (Fsp3) is 0.118. The van der Waals surface area contributed by atoms with E-state index in [1.54, 1.807) is 42.3 Å². The van der Waals surface area contributed by atoms with Crippen LogP contribution in [0.4, 0.5) is 0 Å². The number of thioether (sulfide) groups is 1. The Kier molecular flexibility index (Phi) is 5.17. The zero-order chi connectivity index (χ0) is 16.9. The van der Waals surface area contributed by atoms with Crippen LogP contribution in [0.5, 0.6) is 5.75 Å². The second-order valence-electron chi connectivity index (χ2n) is 4.85. The zero-order valence-electron chi connectivity index (χ0n) is 12.8. The average molecular weight is 360 g/mol. The quantitative estimate of drug-likeness (QED) is 0.493. The van der Waals surface area contributed by atoms with Crippen molar-refractivity contribution in [3.63, 3.8) is 0 Å². The second kappa shape index (κ2) is 7.51. The number of carbonyl (C=O) groups is 1. The Morgan fingerprint density at radius 3 is 2.75 bits per heavy atom. The molecular formula is C17H14ClN3O2S. The summed E-state index contributed by atoms with van der Waals surface area (Å²) in [6, 6.07) is 14.6. The molecule has 1 heterocycles. The first-order valence-electron chi connectivity index (χ1n) is 7.14. The number of benzene rings is 2. The molecular weight excluding hydrogens is 346 g/mol. The summed E-state index contributed by atoms with van der Waals surface area (Å²) in [6.07, 6.45) is 1.60. The number of Topliss-reactive ketones (excluding diaryl/α,β-unsaturated/α-hetero) is 1. The number of para-hydroxylation sites is 2. The van der Waals surface area contributed by atoms with Gasteiger partial charge >= 0.3 is 0 Å². The molecule has 0 atom stereocenters. The molecule has 5 nitrogen and oxygen atoms in total. The van der Waals surface area contributed by atoms with E-state index >= 15 is 0 Å². The van der Waals surface area contributed by atoms with Crippen molar-refractivity contribution in [1.29, 1.82) is 0 Å². The number of carbonyl (C=O) groups excluding carboxylic acids is 1. The molecule has 0 aliphatic carbocycles. The maximum absolute atomic E-state index is 12.3. The number of halogens is 1. The first-order chi connectivity index (χ1) is 11.7. The molecule has 0 saturated heterocycles. The average Bonchev–Trinajstić information content (AvgIpc) is 3.08. The van der Waals surface area contributed by atoms with Crippen molar-refractivity contribution in [3.05, 3.63) is 65.4 Å². The van der Waals surface area contributed by atoms with Crippen LogP contribution in [0.1, 0.15) is 10.4 Å². The molecule has 0 saturated carbocycles. The second-order valence-corrected chi connectivity index (χ2v) is 6.20. The molecule has 3 rings (SSSR count). The summed E-state index contributed by atoms with van der Waals surface area (Å²) in [6.45, 7) is 0. The lowest BCUT2D eigenvalue weighted by Crippen LogP contribution is -2.05. The molecule has 7 heteroatoms. The lowest BCUT2D eigenvalue weighted by molar-refractivity contribution is 0.102. The summed E-state index contributed by atoms with van der Waals surface area (Å²) in [5.41, 5.74) is 1.33. The summed E-state index contributed by atoms with van der Waals surface area (Å²) in [7, 11) is 1.61. The number of hydrogen-bond acceptors (Lipinski definition) is 5. The summed E-state index contributed by atoms with van der Waals surface area (Å²) >= 11 is 7.37. The predicted molar refractivity (Wildman–Crippen MR) is 94.4 cm³/mol. The fourth-order valence-corrected chi connectivity index (χ4v) is 3.26. The van der Waals surface area contributed by atoms with Crippen molar-refractivity contribution in [1.82, 2.24) is 14.8 Å². The highest BCUT2D eigenvalue weighted by Gasteiger charge is 2.15. The van der Waals surface area contributed by atoms with Crippen molar-refractivity contribution < 1.29 is 9.53 Å². The van der Waals surface area contributed by atoms with Crippen molar-refractivity contribution in [2.75, 3.05) is 12.9 Å². The van der Waals surface area contributed by atoms with Gasteiger partial charge in [-0.25, -0.2) is 0 Å². The molecule has 0 unspecified atom stereocenters. The lowest BCUT2D eigenvalue weighted by atomic mass is 10.1. The van der Waals surface area contributed by atoms with E-state index in [0.717, 1.165) is 5.69 Å². The van der Waals surface area contributed by atoms with Gasteiger partial charge < -0.3 is 4.74 Å². The van der Waals surface area contributed by atoms with Crippen LogP contribution in [0.3, 0.4) is 0 Å². The number of ether oxygens (including phenoxy) is 1. The van der Waals surface area contributed by atoms with Crippen LogP contribution in [-0.2, 0) is 0 Å². The standard InChI is InChI=1S/C17H14ClN3O2S/c1-23-16-9-5-4-8-14(16)21-11-19-20-17(21)24-10-15(22)12-6-2-3-7-13(12)18/h2-9,11H,10H2,1H3. The Hall–Kier alpha value is -2.31. The Balaban J connectivity index is 1.79. The first kappa shape index (κ1) is 16.5. The lowest BCUT2D eigenvalue weighted by Gasteiger charge is -2.10. The van der Waals surface area contributed by atoms with E-state index in [0.29, 0.717) is 21.5 Å². The van der Waals surface area contributed by atoms with Crippen molar-refractivity contribution in [3.8, 4) is 11.4 Å². The van der Waals surface area contributed by atoms with E-state index < -0.39 is 0 Å². The van der Waals surface area contributed by atoms with Gasteiger partial charge in [-0.15, -0.1) is 10.2 Å². The van der Waals surface area contributed by atoms with Crippen molar-refractivity contribution in [2.24, 2.45) is 0 Å². The maximum atomic E-state index is 12.3. The molecule has 0 radical (unpaired) electrons. The van der Waals surface area contributed by atoms with Gasteiger partial charge in [-0.1, -0.05) is 47.6 Å². The summed E-state index contributed by atoms with van der Waals surface area (Å²) in [4.78, 5) is 12.3. The van der Waals surface area contributed by atoms with Gasteiger partial charge in [-0.2, -0.15) is 0 Å². The summed E-state index contributed by atoms with van der Waals surface area (Å²) < 4.78 is 7.16. The molecule has 24 heavy (non-hydrogen) atoms. The van der Waals surface area contributed by atoms with E-state index in [-0.39, 0.29) is 11.5 Å². The molecule has 0 aliphatic heterocycles. The van der Waals surface area contributed by atoms with Crippen LogP contribution < -0.4 is 4.74 Å². The Morgan fingerprint density at radius 2 is 1.96 bits per heavy atom. The highest BCUT2D eigenvalue weighted by molar-refractivity contribution is 7.99. The molecule has 0 aliphatic rings. The van der Waals surface area contributed by atoms with Gasteiger partial charge in [-0.05, 0) is 24.3 Å². The van der Waals surface area contributed by atoms with Crippen LogP contribution in [0.25, 0.3) is 5.69 Å². The fourth-order valence-electron chi connectivity index (χ4n) is 2.21. The summed E-state index contributed by atoms with van der Waals surface area (Å²) in [5.74, 6) is 0.870. The third-order valence-electron chi connectivity index (χ3n) is 3.37. The number of methoxy groups -OCH3 is 1. The largest absolute Gasteiger partial charge is 0.495 e. The van der Waals surface area contributed by atoms with Crippen LogP contribution >= 0.6 is 23.4 Å². The zero-order valence-corrected chi connectivity index (χ0v) is 14.4. The van der Waals surface area contributed by atoms with E-state index in [2.05, 4.69) is 10.2 Å². The van der Waals surface area contributed by atoms with Crippen LogP contribution in [0.15, 0.2) is 60.0 Å². The minimum Gasteiger partial charge on any atom is -0.495 e. The monoisotopic (exact) mass is 359 g/mol. The molecule has 122 valence electrons. The topological polar surface area (TPSA) is 57.0 Å². The predicted octanol–water partition coefficient (Wildman–Crippen LogP) is 3.90. The number of aromatic nitrogens is 3. The molecule has 0 spiro atoms. The van der Waals surface area contributed by atoms with Crippen molar-refractivity contribution in [2.45, 2.75) is 5.16 Å².